The van der Waals surface area contributed by atoms with Crippen molar-refractivity contribution < 1.29 is 14.3 Å². The van der Waals surface area contributed by atoms with Crippen molar-refractivity contribution in [1.29, 1.82) is 0 Å². The summed E-state index contributed by atoms with van der Waals surface area (Å²) in [5.41, 5.74) is 2.28. The van der Waals surface area contributed by atoms with Gasteiger partial charge < -0.3 is 25.0 Å². The van der Waals surface area contributed by atoms with Crippen molar-refractivity contribution in [1.82, 2.24) is 15.5 Å². The third-order valence-electron chi connectivity index (χ3n) is 4.50. The Hall–Kier alpha value is -1.71. The van der Waals surface area contributed by atoms with Gasteiger partial charge in [-0.3, -0.25) is 4.99 Å². The van der Waals surface area contributed by atoms with Crippen molar-refractivity contribution in [2.45, 2.75) is 39.3 Å². The van der Waals surface area contributed by atoms with Crippen molar-refractivity contribution in [2.75, 3.05) is 33.9 Å². The first kappa shape index (κ1) is 23.3. The van der Waals surface area contributed by atoms with Gasteiger partial charge in [0.15, 0.2) is 5.96 Å². The smallest absolute Gasteiger partial charge is 0.409 e. The molecule has 0 saturated carbocycles. The summed E-state index contributed by atoms with van der Waals surface area (Å²) in [4.78, 5) is 17.8. The highest BCUT2D eigenvalue weighted by Gasteiger charge is 2.23. The average molecular weight is 490 g/mol. The summed E-state index contributed by atoms with van der Waals surface area (Å²) >= 11 is 0. The van der Waals surface area contributed by atoms with E-state index < -0.39 is 0 Å². The summed E-state index contributed by atoms with van der Waals surface area (Å²) in [5.74, 6) is 1.66. The molecule has 1 saturated heterocycles. The lowest BCUT2D eigenvalue weighted by Gasteiger charge is -2.32. The van der Waals surface area contributed by atoms with E-state index >= 15 is 0 Å². The fraction of sp³-hybridized carbons (Fsp3) is 0.579. The molecule has 0 atom stereocenters. The Bertz CT molecular complexity index is 631. The van der Waals surface area contributed by atoms with Crippen LogP contribution in [0, 0.1) is 6.92 Å². The number of carbonyl (C=O) groups is 1. The van der Waals surface area contributed by atoms with Gasteiger partial charge in [-0.05, 0) is 43.9 Å². The van der Waals surface area contributed by atoms with Gasteiger partial charge in [-0.1, -0.05) is 12.1 Å². The molecule has 8 heteroatoms. The predicted molar refractivity (Wildman–Crippen MR) is 118 cm³/mol. The van der Waals surface area contributed by atoms with Crippen molar-refractivity contribution in [3.8, 4) is 5.75 Å². The summed E-state index contributed by atoms with van der Waals surface area (Å²) in [6.07, 6.45) is 1.53. The minimum atomic E-state index is -0.219. The number of piperidine rings is 1. The number of aliphatic imine (C=N–C) groups is 1. The van der Waals surface area contributed by atoms with Crippen LogP contribution in [0.3, 0.4) is 0 Å². The number of carbonyl (C=O) groups excluding carboxylic acids is 1. The number of benzene rings is 1. The summed E-state index contributed by atoms with van der Waals surface area (Å²) in [5, 5.41) is 6.78. The van der Waals surface area contributed by atoms with Crippen LogP contribution in [0.25, 0.3) is 0 Å². The Morgan fingerprint density at radius 1 is 1.33 bits per heavy atom. The molecule has 1 aliphatic rings. The summed E-state index contributed by atoms with van der Waals surface area (Å²) in [6.45, 7) is 6.36. The van der Waals surface area contributed by atoms with E-state index in [1.807, 2.05) is 26.0 Å². The third-order valence-corrected chi connectivity index (χ3v) is 4.50. The van der Waals surface area contributed by atoms with E-state index in [0.717, 1.165) is 30.1 Å². The standard InChI is InChI=1S/C19H30N4O3.HI/c1-5-26-19(24)23-10-8-16(9-11-23)22-18(20-3)21-13-15-6-7-17(25-4)14(2)12-15;/h6-7,12,16H,5,8-11,13H2,1-4H3,(H2,20,21,22);1H. The van der Waals surface area contributed by atoms with E-state index in [-0.39, 0.29) is 30.1 Å². The number of aryl methyl sites for hydroxylation is 1. The molecule has 152 valence electrons. The van der Waals surface area contributed by atoms with E-state index in [1.54, 1.807) is 19.1 Å². The van der Waals surface area contributed by atoms with Gasteiger partial charge >= 0.3 is 6.09 Å². The monoisotopic (exact) mass is 490 g/mol. The van der Waals surface area contributed by atoms with Crippen LogP contribution >= 0.6 is 24.0 Å². The maximum Gasteiger partial charge on any atom is 0.409 e. The fourth-order valence-electron chi connectivity index (χ4n) is 3.05. The number of halogens is 1. The van der Waals surface area contributed by atoms with Crippen LogP contribution in [0.15, 0.2) is 23.2 Å². The number of likely N-dealkylation sites (tertiary alicyclic amines) is 1. The molecule has 0 aromatic heterocycles. The summed E-state index contributed by atoms with van der Waals surface area (Å²) in [6, 6.07) is 6.43. The zero-order valence-electron chi connectivity index (χ0n) is 16.6. The lowest BCUT2D eigenvalue weighted by atomic mass is 10.1. The zero-order chi connectivity index (χ0) is 18.9. The second kappa shape index (κ2) is 11.9. The molecule has 7 nitrogen and oxygen atoms in total. The number of hydrogen-bond donors (Lipinski definition) is 2. The summed E-state index contributed by atoms with van der Waals surface area (Å²) < 4.78 is 10.3. The van der Waals surface area contributed by atoms with Crippen molar-refractivity contribution >= 4 is 36.0 Å². The average Bonchev–Trinajstić information content (AvgIpc) is 2.66. The van der Waals surface area contributed by atoms with E-state index in [2.05, 4.69) is 21.7 Å². The predicted octanol–water partition coefficient (Wildman–Crippen LogP) is 2.91. The molecular formula is C19H31IN4O3. The normalized spacial score (nSPS) is 15.0. The van der Waals surface area contributed by atoms with Gasteiger partial charge in [0.05, 0.1) is 13.7 Å². The zero-order valence-corrected chi connectivity index (χ0v) is 18.9. The van der Waals surface area contributed by atoms with Gasteiger partial charge in [-0.15, -0.1) is 24.0 Å². The molecule has 1 aromatic rings. The first-order valence-corrected chi connectivity index (χ1v) is 9.09. The molecule has 0 bridgehead atoms. The van der Waals surface area contributed by atoms with E-state index in [1.165, 1.54) is 5.56 Å². The highest BCUT2D eigenvalue weighted by atomic mass is 127. The Morgan fingerprint density at radius 3 is 2.59 bits per heavy atom. The van der Waals surface area contributed by atoms with Crippen molar-refractivity contribution in [2.24, 2.45) is 4.99 Å². The number of ether oxygens (including phenoxy) is 2. The molecule has 2 rings (SSSR count). The molecule has 0 radical (unpaired) electrons. The van der Waals surface area contributed by atoms with Crippen LogP contribution in [-0.2, 0) is 11.3 Å². The Kier molecular flexibility index (Phi) is 10.3. The molecule has 0 spiro atoms. The van der Waals surface area contributed by atoms with Crippen LogP contribution < -0.4 is 15.4 Å². The Morgan fingerprint density at radius 2 is 2.04 bits per heavy atom. The quantitative estimate of drug-likeness (QED) is 0.377. The number of methoxy groups -OCH3 is 1. The Labute approximate surface area is 178 Å². The van der Waals surface area contributed by atoms with Gasteiger partial charge in [0.2, 0.25) is 0 Å². The van der Waals surface area contributed by atoms with Gasteiger partial charge in [-0.2, -0.15) is 0 Å². The SMILES string of the molecule is CCOC(=O)N1CCC(NC(=NC)NCc2ccc(OC)c(C)c2)CC1.I. The highest BCUT2D eigenvalue weighted by molar-refractivity contribution is 14.0. The number of rotatable bonds is 5. The largest absolute Gasteiger partial charge is 0.496 e. The van der Waals surface area contributed by atoms with E-state index in [4.69, 9.17) is 9.47 Å². The van der Waals surface area contributed by atoms with Crippen molar-refractivity contribution in [3.05, 3.63) is 29.3 Å². The van der Waals surface area contributed by atoms with Crippen LogP contribution in [0.4, 0.5) is 4.79 Å². The molecule has 1 aromatic carbocycles. The molecule has 2 N–H and O–H groups in total. The van der Waals surface area contributed by atoms with Crippen LogP contribution in [0.1, 0.15) is 30.9 Å². The Balaban J connectivity index is 0.00000364. The number of nitrogens with zero attached hydrogens (tertiary/aromatic N) is 2. The molecule has 27 heavy (non-hydrogen) atoms. The first-order chi connectivity index (χ1) is 12.6. The molecule has 1 heterocycles. The van der Waals surface area contributed by atoms with Crippen molar-refractivity contribution in [3.63, 3.8) is 0 Å². The van der Waals surface area contributed by atoms with Gasteiger partial charge in [0.1, 0.15) is 5.75 Å². The molecule has 1 amide bonds. The maximum atomic E-state index is 11.8. The molecule has 1 fully saturated rings. The lowest BCUT2D eigenvalue weighted by Crippen LogP contribution is -2.49. The van der Waals surface area contributed by atoms with Gasteiger partial charge in [0.25, 0.3) is 0 Å². The highest BCUT2D eigenvalue weighted by Crippen LogP contribution is 2.18. The maximum absolute atomic E-state index is 11.8. The first-order valence-electron chi connectivity index (χ1n) is 9.09. The number of amides is 1. The second-order valence-electron chi connectivity index (χ2n) is 6.33. The van der Waals surface area contributed by atoms with Crippen LogP contribution in [0.5, 0.6) is 5.75 Å². The number of nitrogens with one attached hydrogen (secondary N) is 2. The molecule has 0 aliphatic carbocycles. The molecule has 1 aliphatic heterocycles. The minimum absolute atomic E-state index is 0. The van der Waals surface area contributed by atoms with Crippen LogP contribution in [-0.4, -0.2) is 56.8 Å². The van der Waals surface area contributed by atoms with Gasteiger partial charge in [0, 0.05) is 32.7 Å². The minimum Gasteiger partial charge on any atom is -0.496 e. The number of guanidine groups is 1. The van der Waals surface area contributed by atoms with E-state index in [0.29, 0.717) is 32.3 Å². The molecule has 0 unspecified atom stereocenters. The topological polar surface area (TPSA) is 75.2 Å². The fourth-order valence-corrected chi connectivity index (χ4v) is 3.05. The van der Waals surface area contributed by atoms with Gasteiger partial charge in [-0.25, -0.2) is 4.79 Å². The second-order valence-corrected chi connectivity index (χ2v) is 6.33. The summed E-state index contributed by atoms with van der Waals surface area (Å²) in [7, 11) is 3.45. The third kappa shape index (κ3) is 7.08. The van der Waals surface area contributed by atoms with E-state index in [9.17, 15) is 4.79 Å². The lowest BCUT2D eigenvalue weighted by molar-refractivity contribution is 0.0963. The molecular weight excluding hydrogens is 459 g/mol. The number of hydrogen-bond acceptors (Lipinski definition) is 4. The van der Waals surface area contributed by atoms with Crippen LogP contribution in [0.2, 0.25) is 0 Å².